The van der Waals surface area contributed by atoms with Gasteiger partial charge in [0.1, 0.15) is 12.7 Å². The van der Waals surface area contributed by atoms with Crippen LogP contribution in [0, 0.1) is 13.8 Å². The van der Waals surface area contributed by atoms with Crippen LogP contribution < -0.4 is 14.8 Å². The lowest BCUT2D eigenvalue weighted by molar-refractivity contribution is -0.117. The van der Waals surface area contributed by atoms with E-state index >= 15 is 0 Å². The monoisotopic (exact) mass is 455 g/mol. The standard InChI is InChI=1S/C24H33N5O4/c1-18-4-3-5-19(2)24(18)26-21(30)17-29-7-6-20(16-29)33-23-15-25-14-22(27-23)32-13-10-28-8-11-31-12-9-28/h3-5,14-15,20H,6-13,16-17H2,1-2H3,(H,26,30). The Labute approximate surface area is 195 Å². The second-order valence-electron chi connectivity index (χ2n) is 8.58. The van der Waals surface area contributed by atoms with Crippen LogP contribution in [-0.4, -0.2) is 90.9 Å². The van der Waals surface area contributed by atoms with Crippen LogP contribution in [0.15, 0.2) is 30.6 Å². The molecule has 9 heteroatoms. The zero-order valence-electron chi connectivity index (χ0n) is 19.5. The number of para-hydroxylation sites is 1. The van der Waals surface area contributed by atoms with Crippen molar-refractivity contribution in [2.45, 2.75) is 26.4 Å². The van der Waals surface area contributed by atoms with Gasteiger partial charge in [0.05, 0.1) is 32.2 Å². The number of carbonyl (C=O) groups is 1. The number of carbonyl (C=O) groups excluding carboxylic acids is 1. The summed E-state index contributed by atoms with van der Waals surface area (Å²) in [6.45, 7) is 10.6. The molecule has 1 unspecified atom stereocenters. The van der Waals surface area contributed by atoms with Gasteiger partial charge in [-0.2, -0.15) is 4.98 Å². The van der Waals surface area contributed by atoms with Crippen molar-refractivity contribution in [3.8, 4) is 11.8 Å². The van der Waals surface area contributed by atoms with Gasteiger partial charge in [-0.3, -0.25) is 19.6 Å². The molecule has 1 aromatic carbocycles. The minimum absolute atomic E-state index is 0.0106. The summed E-state index contributed by atoms with van der Waals surface area (Å²) in [5.74, 6) is 0.901. The second kappa shape index (κ2) is 11.4. The van der Waals surface area contributed by atoms with Crippen molar-refractivity contribution >= 4 is 11.6 Å². The van der Waals surface area contributed by atoms with Crippen molar-refractivity contribution in [3.63, 3.8) is 0 Å². The third-order valence-corrected chi connectivity index (χ3v) is 5.98. The van der Waals surface area contributed by atoms with Crippen LogP contribution in [-0.2, 0) is 9.53 Å². The van der Waals surface area contributed by atoms with Crippen molar-refractivity contribution in [1.82, 2.24) is 19.8 Å². The van der Waals surface area contributed by atoms with E-state index in [0.717, 1.165) is 62.6 Å². The molecule has 2 aliphatic rings. The summed E-state index contributed by atoms with van der Waals surface area (Å²) in [4.78, 5) is 25.6. The van der Waals surface area contributed by atoms with Crippen molar-refractivity contribution < 1.29 is 19.0 Å². The minimum atomic E-state index is -0.0316. The van der Waals surface area contributed by atoms with E-state index < -0.39 is 0 Å². The fourth-order valence-corrected chi connectivity index (χ4v) is 4.16. The van der Waals surface area contributed by atoms with Crippen molar-refractivity contribution in [3.05, 3.63) is 41.7 Å². The Kier molecular flexibility index (Phi) is 8.09. The normalized spacial score (nSPS) is 19.4. The van der Waals surface area contributed by atoms with Crippen molar-refractivity contribution in [2.75, 3.05) is 64.4 Å². The number of ether oxygens (including phenoxy) is 3. The van der Waals surface area contributed by atoms with Gasteiger partial charge in [-0.15, -0.1) is 0 Å². The minimum Gasteiger partial charge on any atom is -0.475 e. The number of aromatic nitrogens is 2. The van der Waals surface area contributed by atoms with Gasteiger partial charge < -0.3 is 19.5 Å². The van der Waals surface area contributed by atoms with Gasteiger partial charge in [0.15, 0.2) is 0 Å². The van der Waals surface area contributed by atoms with E-state index in [9.17, 15) is 4.79 Å². The molecule has 9 nitrogen and oxygen atoms in total. The van der Waals surface area contributed by atoms with Gasteiger partial charge in [-0.25, -0.2) is 0 Å². The molecule has 1 aromatic heterocycles. The number of benzene rings is 1. The van der Waals surface area contributed by atoms with Crippen LogP contribution >= 0.6 is 0 Å². The lowest BCUT2D eigenvalue weighted by Crippen LogP contribution is -2.38. The van der Waals surface area contributed by atoms with E-state index in [1.54, 1.807) is 12.4 Å². The maximum absolute atomic E-state index is 12.6. The molecule has 1 atom stereocenters. The quantitative estimate of drug-likeness (QED) is 0.613. The summed E-state index contributed by atoms with van der Waals surface area (Å²) in [6, 6.07) is 6.00. The summed E-state index contributed by atoms with van der Waals surface area (Å²) in [5, 5.41) is 3.05. The van der Waals surface area contributed by atoms with Gasteiger partial charge >= 0.3 is 0 Å². The summed E-state index contributed by atoms with van der Waals surface area (Å²) in [6.07, 6.45) is 4.01. The maximum Gasteiger partial charge on any atom is 0.238 e. The molecule has 0 aliphatic carbocycles. The Balaban J connectivity index is 1.21. The van der Waals surface area contributed by atoms with Crippen LogP contribution in [0.5, 0.6) is 11.8 Å². The molecule has 0 bridgehead atoms. The number of hydrogen-bond donors (Lipinski definition) is 1. The third kappa shape index (κ3) is 6.86. The van der Waals surface area contributed by atoms with Crippen LogP contribution in [0.3, 0.4) is 0 Å². The van der Waals surface area contributed by atoms with Crippen LogP contribution in [0.4, 0.5) is 5.69 Å². The summed E-state index contributed by atoms with van der Waals surface area (Å²) in [5.41, 5.74) is 3.03. The van der Waals surface area contributed by atoms with Gasteiger partial charge in [0.25, 0.3) is 0 Å². The first-order valence-corrected chi connectivity index (χ1v) is 11.6. The highest BCUT2D eigenvalue weighted by Gasteiger charge is 2.26. The maximum atomic E-state index is 12.6. The largest absolute Gasteiger partial charge is 0.475 e. The Morgan fingerprint density at radius 3 is 2.67 bits per heavy atom. The molecule has 4 rings (SSSR count). The van der Waals surface area contributed by atoms with E-state index in [2.05, 4.69) is 25.1 Å². The molecular formula is C24H33N5O4. The first-order valence-electron chi connectivity index (χ1n) is 11.6. The molecule has 2 aromatic rings. The number of amides is 1. The Morgan fingerprint density at radius 1 is 1.12 bits per heavy atom. The van der Waals surface area contributed by atoms with Crippen molar-refractivity contribution in [1.29, 1.82) is 0 Å². The summed E-state index contributed by atoms with van der Waals surface area (Å²) in [7, 11) is 0. The lowest BCUT2D eigenvalue weighted by Gasteiger charge is -2.26. The fourth-order valence-electron chi connectivity index (χ4n) is 4.16. The molecule has 0 radical (unpaired) electrons. The highest BCUT2D eigenvalue weighted by molar-refractivity contribution is 5.93. The van der Waals surface area contributed by atoms with E-state index in [4.69, 9.17) is 14.2 Å². The molecule has 2 fully saturated rings. The highest BCUT2D eigenvalue weighted by atomic mass is 16.5. The molecular weight excluding hydrogens is 422 g/mol. The van der Waals surface area contributed by atoms with Gasteiger partial charge in [-0.05, 0) is 31.4 Å². The topological polar surface area (TPSA) is 89.1 Å². The smallest absolute Gasteiger partial charge is 0.238 e. The lowest BCUT2D eigenvalue weighted by atomic mass is 10.1. The Bertz CT molecular complexity index is 915. The average Bonchev–Trinajstić information content (AvgIpc) is 3.24. The number of hydrogen-bond acceptors (Lipinski definition) is 8. The molecule has 178 valence electrons. The van der Waals surface area contributed by atoms with Gasteiger partial charge in [0, 0.05) is 38.4 Å². The summed E-state index contributed by atoms with van der Waals surface area (Å²) < 4.78 is 17.2. The van der Waals surface area contributed by atoms with Crippen LogP contribution in [0.1, 0.15) is 17.5 Å². The van der Waals surface area contributed by atoms with E-state index in [-0.39, 0.29) is 12.0 Å². The van der Waals surface area contributed by atoms with E-state index in [1.807, 2.05) is 32.0 Å². The number of nitrogens with zero attached hydrogens (tertiary/aromatic N) is 4. The predicted molar refractivity (Wildman–Crippen MR) is 125 cm³/mol. The fraction of sp³-hybridized carbons (Fsp3) is 0.542. The third-order valence-electron chi connectivity index (χ3n) is 5.98. The number of nitrogens with one attached hydrogen (secondary N) is 1. The molecule has 2 saturated heterocycles. The molecule has 0 spiro atoms. The highest BCUT2D eigenvalue weighted by Crippen LogP contribution is 2.21. The first-order chi connectivity index (χ1) is 16.1. The van der Waals surface area contributed by atoms with E-state index in [0.29, 0.717) is 31.5 Å². The van der Waals surface area contributed by atoms with Crippen LogP contribution in [0.25, 0.3) is 0 Å². The first kappa shape index (κ1) is 23.4. The second-order valence-corrected chi connectivity index (χ2v) is 8.58. The zero-order valence-corrected chi connectivity index (χ0v) is 19.5. The van der Waals surface area contributed by atoms with Gasteiger partial charge in [0.2, 0.25) is 17.7 Å². The van der Waals surface area contributed by atoms with Crippen LogP contribution in [0.2, 0.25) is 0 Å². The molecule has 1 amide bonds. The molecule has 0 saturated carbocycles. The van der Waals surface area contributed by atoms with Gasteiger partial charge in [-0.1, -0.05) is 18.2 Å². The summed E-state index contributed by atoms with van der Waals surface area (Å²) >= 11 is 0. The number of aryl methyl sites for hydroxylation is 2. The SMILES string of the molecule is Cc1cccc(C)c1NC(=O)CN1CCC(Oc2cncc(OCCN3CCOCC3)n2)C1. The zero-order chi connectivity index (χ0) is 23.0. The predicted octanol–water partition coefficient (Wildman–Crippen LogP) is 1.90. The molecule has 2 aliphatic heterocycles. The Morgan fingerprint density at radius 2 is 1.88 bits per heavy atom. The number of likely N-dealkylation sites (tertiary alicyclic amines) is 1. The molecule has 1 N–H and O–H groups in total. The van der Waals surface area contributed by atoms with Crippen molar-refractivity contribution in [2.24, 2.45) is 0 Å². The molecule has 3 heterocycles. The number of rotatable bonds is 9. The number of anilines is 1. The average molecular weight is 456 g/mol. The Hall–Kier alpha value is -2.75. The molecule has 33 heavy (non-hydrogen) atoms. The van der Waals surface area contributed by atoms with E-state index in [1.165, 1.54) is 0 Å². The number of morpholine rings is 1.